The highest BCUT2D eigenvalue weighted by molar-refractivity contribution is 6.35. The molecule has 0 amide bonds. The van der Waals surface area contributed by atoms with Gasteiger partial charge in [-0.2, -0.15) is 0 Å². The zero-order chi connectivity index (χ0) is 14.7. The van der Waals surface area contributed by atoms with Gasteiger partial charge in [0.15, 0.2) is 0 Å². The third-order valence-electron chi connectivity index (χ3n) is 4.75. The Morgan fingerprint density at radius 2 is 2.10 bits per heavy atom. The standard InChI is InChI=1S/C18H23ClN2/c1-2-13-5-3-6-14(9-8-13)21-17-11-10-16(19)18-15(17)7-4-12-20-18/h4,7,10-14,21H,2-3,5-6,8-9H2,1H3. The van der Waals surface area contributed by atoms with E-state index in [1.54, 1.807) is 6.20 Å². The minimum atomic E-state index is 0.575. The van der Waals surface area contributed by atoms with Gasteiger partial charge in [0.1, 0.15) is 0 Å². The van der Waals surface area contributed by atoms with Crippen LogP contribution in [-0.2, 0) is 0 Å². The smallest absolute Gasteiger partial charge is 0.0908 e. The number of fused-ring (bicyclic) bond motifs is 1. The molecule has 0 bridgehead atoms. The van der Waals surface area contributed by atoms with Gasteiger partial charge in [-0.05, 0) is 49.4 Å². The molecule has 2 nitrogen and oxygen atoms in total. The summed E-state index contributed by atoms with van der Waals surface area (Å²) in [4.78, 5) is 4.41. The summed E-state index contributed by atoms with van der Waals surface area (Å²) >= 11 is 6.25. The molecule has 1 fully saturated rings. The van der Waals surface area contributed by atoms with Crippen LogP contribution in [0.4, 0.5) is 5.69 Å². The third kappa shape index (κ3) is 3.32. The van der Waals surface area contributed by atoms with Crippen molar-refractivity contribution in [3.05, 3.63) is 35.5 Å². The van der Waals surface area contributed by atoms with Crippen LogP contribution in [0.5, 0.6) is 0 Å². The van der Waals surface area contributed by atoms with E-state index in [0.29, 0.717) is 6.04 Å². The molecule has 1 saturated carbocycles. The van der Waals surface area contributed by atoms with E-state index in [1.165, 1.54) is 44.2 Å². The fourth-order valence-corrected chi connectivity index (χ4v) is 3.63. The van der Waals surface area contributed by atoms with Gasteiger partial charge >= 0.3 is 0 Å². The van der Waals surface area contributed by atoms with Crippen molar-refractivity contribution in [3.8, 4) is 0 Å². The minimum Gasteiger partial charge on any atom is -0.382 e. The van der Waals surface area contributed by atoms with E-state index in [2.05, 4.69) is 29.4 Å². The van der Waals surface area contributed by atoms with Crippen LogP contribution in [0.25, 0.3) is 10.9 Å². The minimum absolute atomic E-state index is 0.575. The molecule has 0 spiro atoms. The fourth-order valence-electron chi connectivity index (χ4n) is 3.42. The first-order valence-corrected chi connectivity index (χ1v) is 8.45. The van der Waals surface area contributed by atoms with Gasteiger partial charge in [-0.15, -0.1) is 0 Å². The first-order chi connectivity index (χ1) is 10.3. The van der Waals surface area contributed by atoms with Crippen molar-refractivity contribution in [2.75, 3.05) is 5.32 Å². The van der Waals surface area contributed by atoms with Gasteiger partial charge in [-0.3, -0.25) is 4.98 Å². The van der Waals surface area contributed by atoms with Crippen molar-refractivity contribution in [2.24, 2.45) is 5.92 Å². The first kappa shape index (κ1) is 14.6. The van der Waals surface area contributed by atoms with Crippen molar-refractivity contribution in [1.82, 2.24) is 4.98 Å². The Morgan fingerprint density at radius 3 is 2.95 bits per heavy atom. The number of nitrogens with one attached hydrogen (secondary N) is 1. The summed E-state index contributed by atoms with van der Waals surface area (Å²) in [5.74, 6) is 0.917. The van der Waals surface area contributed by atoms with Crippen LogP contribution in [0.1, 0.15) is 45.4 Å². The topological polar surface area (TPSA) is 24.9 Å². The van der Waals surface area contributed by atoms with Crippen LogP contribution in [-0.4, -0.2) is 11.0 Å². The Kier molecular flexibility index (Phi) is 4.64. The van der Waals surface area contributed by atoms with Crippen molar-refractivity contribution < 1.29 is 0 Å². The first-order valence-electron chi connectivity index (χ1n) is 8.07. The molecule has 1 aliphatic carbocycles. The Labute approximate surface area is 131 Å². The summed E-state index contributed by atoms with van der Waals surface area (Å²) in [7, 11) is 0. The van der Waals surface area contributed by atoms with E-state index in [0.717, 1.165) is 21.8 Å². The van der Waals surface area contributed by atoms with Gasteiger partial charge in [0, 0.05) is 23.3 Å². The quantitative estimate of drug-likeness (QED) is 0.740. The van der Waals surface area contributed by atoms with Crippen LogP contribution < -0.4 is 5.32 Å². The summed E-state index contributed by atoms with van der Waals surface area (Å²) in [5.41, 5.74) is 2.06. The highest BCUT2D eigenvalue weighted by Crippen LogP contribution is 2.31. The van der Waals surface area contributed by atoms with Gasteiger partial charge < -0.3 is 5.32 Å². The number of nitrogens with zero attached hydrogens (tertiary/aromatic N) is 1. The van der Waals surface area contributed by atoms with Crippen molar-refractivity contribution in [3.63, 3.8) is 0 Å². The monoisotopic (exact) mass is 302 g/mol. The van der Waals surface area contributed by atoms with Crippen LogP contribution in [0.2, 0.25) is 5.02 Å². The number of benzene rings is 1. The van der Waals surface area contributed by atoms with E-state index in [9.17, 15) is 0 Å². The van der Waals surface area contributed by atoms with Crippen molar-refractivity contribution in [1.29, 1.82) is 0 Å². The number of pyridine rings is 1. The second-order valence-corrected chi connectivity index (χ2v) is 6.53. The maximum absolute atomic E-state index is 6.25. The van der Waals surface area contributed by atoms with E-state index in [4.69, 9.17) is 11.6 Å². The molecule has 0 aliphatic heterocycles. The van der Waals surface area contributed by atoms with E-state index in [-0.39, 0.29) is 0 Å². The average Bonchev–Trinajstić information content (AvgIpc) is 2.75. The summed E-state index contributed by atoms with van der Waals surface area (Å²) in [6, 6.07) is 8.69. The number of anilines is 1. The molecule has 3 heteroatoms. The number of aromatic nitrogens is 1. The molecule has 2 aromatic rings. The average molecular weight is 303 g/mol. The number of hydrogen-bond acceptors (Lipinski definition) is 2. The number of rotatable bonds is 3. The summed E-state index contributed by atoms with van der Waals surface area (Å²) in [5, 5.41) is 5.59. The van der Waals surface area contributed by atoms with Gasteiger partial charge in [0.05, 0.1) is 10.5 Å². The number of halogens is 1. The lowest BCUT2D eigenvalue weighted by molar-refractivity contribution is 0.445. The van der Waals surface area contributed by atoms with Gasteiger partial charge in [0.2, 0.25) is 0 Å². The second kappa shape index (κ2) is 6.65. The van der Waals surface area contributed by atoms with E-state index >= 15 is 0 Å². The molecule has 2 atom stereocenters. The molecule has 1 aliphatic rings. The lowest BCUT2D eigenvalue weighted by atomic mass is 9.98. The van der Waals surface area contributed by atoms with Crippen LogP contribution in [0.3, 0.4) is 0 Å². The molecule has 2 unspecified atom stereocenters. The Hall–Kier alpha value is -1.28. The molecule has 0 saturated heterocycles. The van der Waals surface area contributed by atoms with E-state index in [1.807, 2.05) is 12.1 Å². The SMILES string of the molecule is CCC1CCCC(Nc2ccc(Cl)c3ncccc23)CC1. The van der Waals surface area contributed by atoms with Crippen LogP contribution in [0.15, 0.2) is 30.5 Å². The molecule has 112 valence electrons. The van der Waals surface area contributed by atoms with Crippen molar-refractivity contribution in [2.45, 2.75) is 51.5 Å². The highest BCUT2D eigenvalue weighted by atomic mass is 35.5. The Balaban J connectivity index is 1.80. The normalized spacial score (nSPS) is 23.0. The lowest BCUT2D eigenvalue weighted by Crippen LogP contribution is -2.18. The summed E-state index contributed by atoms with van der Waals surface area (Å²) in [6.07, 6.45) is 9.72. The van der Waals surface area contributed by atoms with Crippen LogP contribution in [0, 0.1) is 5.92 Å². The van der Waals surface area contributed by atoms with Crippen molar-refractivity contribution >= 4 is 28.2 Å². The van der Waals surface area contributed by atoms with Gasteiger partial charge in [0.25, 0.3) is 0 Å². The molecule has 21 heavy (non-hydrogen) atoms. The Bertz CT molecular complexity index is 611. The van der Waals surface area contributed by atoms with Gasteiger partial charge in [-0.25, -0.2) is 0 Å². The molecule has 1 heterocycles. The molecular formula is C18H23ClN2. The second-order valence-electron chi connectivity index (χ2n) is 6.12. The lowest BCUT2D eigenvalue weighted by Gasteiger charge is -2.19. The van der Waals surface area contributed by atoms with E-state index < -0.39 is 0 Å². The maximum atomic E-state index is 6.25. The van der Waals surface area contributed by atoms with Crippen LogP contribution >= 0.6 is 11.6 Å². The largest absolute Gasteiger partial charge is 0.382 e. The number of hydrogen-bond donors (Lipinski definition) is 1. The molecule has 1 aromatic heterocycles. The van der Waals surface area contributed by atoms with Gasteiger partial charge in [-0.1, -0.05) is 37.8 Å². The zero-order valence-corrected chi connectivity index (χ0v) is 13.4. The fraction of sp³-hybridized carbons (Fsp3) is 0.500. The molecule has 3 rings (SSSR count). The maximum Gasteiger partial charge on any atom is 0.0908 e. The molecule has 1 aromatic carbocycles. The zero-order valence-electron chi connectivity index (χ0n) is 12.6. The predicted molar refractivity (Wildman–Crippen MR) is 91.0 cm³/mol. The molecule has 0 radical (unpaired) electrons. The summed E-state index contributed by atoms with van der Waals surface area (Å²) < 4.78 is 0. The Morgan fingerprint density at radius 1 is 1.19 bits per heavy atom. The highest BCUT2D eigenvalue weighted by Gasteiger charge is 2.18. The third-order valence-corrected chi connectivity index (χ3v) is 5.05. The predicted octanol–water partition coefficient (Wildman–Crippen LogP) is 5.66. The molecular weight excluding hydrogens is 280 g/mol. The molecule has 1 N–H and O–H groups in total. The summed E-state index contributed by atoms with van der Waals surface area (Å²) in [6.45, 7) is 2.32.